The second-order valence-corrected chi connectivity index (χ2v) is 9.08. The lowest BCUT2D eigenvalue weighted by Gasteiger charge is -2.15. The molecule has 4 rings (SSSR count). The number of thiophene rings is 1. The van der Waals surface area contributed by atoms with Gasteiger partial charge in [-0.25, -0.2) is 4.98 Å². The summed E-state index contributed by atoms with van der Waals surface area (Å²) in [5.41, 5.74) is 6.52. The summed E-state index contributed by atoms with van der Waals surface area (Å²) in [4.78, 5) is 42.7. The molecule has 0 aliphatic rings. The van der Waals surface area contributed by atoms with Crippen LogP contribution in [0.1, 0.15) is 15.2 Å². The molecule has 0 aliphatic carbocycles. The lowest BCUT2D eigenvalue weighted by molar-refractivity contribution is -0.119. The van der Waals surface area contributed by atoms with Crippen molar-refractivity contribution in [1.29, 1.82) is 0 Å². The van der Waals surface area contributed by atoms with Gasteiger partial charge in [0, 0.05) is 5.02 Å². The number of amides is 2. The van der Waals surface area contributed by atoms with E-state index in [1.54, 1.807) is 35.7 Å². The van der Waals surface area contributed by atoms with Crippen molar-refractivity contribution in [3.63, 3.8) is 0 Å². The minimum Gasteiger partial charge on any atom is -0.272 e. The molecule has 2 heterocycles. The third-order valence-electron chi connectivity index (χ3n) is 4.55. The summed E-state index contributed by atoms with van der Waals surface area (Å²) >= 11 is 8.45. The Balaban J connectivity index is 1.61. The molecule has 0 aliphatic heterocycles. The standard InChI is InChI=1S/C22H17ClN4O3S2/c1-13-5-2-3-6-17(13)27-21(30)15-9-8-14(23)11-16(15)24-22(27)32-12-19(28)25-26-20(29)18-7-4-10-31-18/h2-11H,12H2,1H3,(H,25,28)(H,26,29). The molecule has 0 atom stereocenters. The van der Waals surface area contributed by atoms with Crippen molar-refractivity contribution in [3.8, 4) is 5.69 Å². The van der Waals surface area contributed by atoms with Crippen LogP contribution in [-0.4, -0.2) is 27.1 Å². The Kier molecular flexibility index (Phi) is 6.59. The summed E-state index contributed by atoms with van der Waals surface area (Å²) in [7, 11) is 0. The number of benzene rings is 2. The fourth-order valence-corrected chi connectivity index (χ4v) is 4.62. The van der Waals surface area contributed by atoms with Gasteiger partial charge in [0.1, 0.15) is 0 Å². The van der Waals surface area contributed by atoms with Gasteiger partial charge in [-0.05, 0) is 48.2 Å². The first-order valence-corrected chi connectivity index (χ1v) is 11.7. The van der Waals surface area contributed by atoms with E-state index >= 15 is 0 Å². The molecule has 2 N–H and O–H groups in total. The first-order valence-electron chi connectivity index (χ1n) is 9.48. The number of nitrogens with one attached hydrogen (secondary N) is 2. The summed E-state index contributed by atoms with van der Waals surface area (Å²) in [5, 5.41) is 3.01. The van der Waals surface area contributed by atoms with Gasteiger partial charge in [-0.2, -0.15) is 0 Å². The van der Waals surface area contributed by atoms with Crippen LogP contribution >= 0.6 is 34.7 Å². The number of hydrogen-bond donors (Lipinski definition) is 2. The van der Waals surface area contributed by atoms with Gasteiger partial charge in [0.15, 0.2) is 5.16 Å². The number of fused-ring (bicyclic) bond motifs is 1. The molecule has 162 valence electrons. The summed E-state index contributed by atoms with van der Waals surface area (Å²) in [6, 6.07) is 15.8. The molecule has 0 bridgehead atoms. The number of halogens is 1. The van der Waals surface area contributed by atoms with E-state index in [-0.39, 0.29) is 11.3 Å². The smallest absolute Gasteiger partial charge is 0.272 e. The predicted octanol–water partition coefficient (Wildman–Crippen LogP) is 3.96. The molecule has 0 fully saturated rings. The maximum absolute atomic E-state index is 13.3. The van der Waals surface area contributed by atoms with Gasteiger partial charge in [-0.3, -0.25) is 29.8 Å². The van der Waals surface area contributed by atoms with Crippen LogP contribution in [0.15, 0.2) is 69.9 Å². The molecule has 0 spiro atoms. The summed E-state index contributed by atoms with van der Waals surface area (Å²) in [6.45, 7) is 1.90. The average molecular weight is 485 g/mol. The molecule has 32 heavy (non-hydrogen) atoms. The zero-order valence-corrected chi connectivity index (χ0v) is 19.2. The van der Waals surface area contributed by atoms with Crippen molar-refractivity contribution in [1.82, 2.24) is 20.4 Å². The van der Waals surface area contributed by atoms with Crippen molar-refractivity contribution in [2.24, 2.45) is 0 Å². The van der Waals surface area contributed by atoms with Gasteiger partial charge in [0.2, 0.25) is 5.91 Å². The number of aryl methyl sites for hydroxylation is 1. The third kappa shape index (κ3) is 4.69. The van der Waals surface area contributed by atoms with Crippen molar-refractivity contribution >= 4 is 57.4 Å². The zero-order chi connectivity index (χ0) is 22.7. The second-order valence-electron chi connectivity index (χ2n) is 6.75. The second kappa shape index (κ2) is 9.56. The summed E-state index contributed by atoms with van der Waals surface area (Å²) in [6.07, 6.45) is 0. The van der Waals surface area contributed by atoms with Crippen molar-refractivity contribution in [2.75, 3.05) is 5.75 Å². The monoisotopic (exact) mass is 484 g/mol. The van der Waals surface area contributed by atoms with Crippen LogP contribution in [0, 0.1) is 6.92 Å². The first kappa shape index (κ1) is 22.1. The number of aromatic nitrogens is 2. The van der Waals surface area contributed by atoms with Gasteiger partial charge in [0.05, 0.1) is 27.2 Å². The van der Waals surface area contributed by atoms with Crippen LogP contribution in [0.2, 0.25) is 5.02 Å². The van der Waals surface area contributed by atoms with Crippen LogP contribution in [0.5, 0.6) is 0 Å². The number of thioether (sulfide) groups is 1. The van der Waals surface area contributed by atoms with Gasteiger partial charge >= 0.3 is 0 Å². The van der Waals surface area contributed by atoms with Crippen molar-refractivity contribution < 1.29 is 9.59 Å². The van der Waals surface area contributed by atoms with E-state index in [1.807, 2.05) is 31.2 Å². The molecule has 0 radical (unpaired) electrons. The predicted molar refractivity (Wildman–Crippen MR) is 128 cm³/mol. The van der Waals surface area contributed by atoms with E-state index in [0.29, 0.717) is 31.6 Å². The Morgan fingerprint density at radius 1 is 1.12 bits per heavy atom. The number of carbonyl (C=O) groups is 2. The Bertz CT molecular complexity index is 1370. The van der Waals surface area contributed by atoms with Crippen molar-refractivity contribution in [3.05, 3.63) is 85.8 Å². The number of nitrogens with zero attached hydrogens (tertiary/aromatic N) is 2. The Morgan fingerprint density at radius 2 is 1.94 bits per heavy atom. The molecule has 0 saturated carbocycles. The Labute approximate surface area is 196 Å². The van der Waals surface area contributed by atoms with Crippen LogP contribution in [0.4, 0.5) is 0 Å². The summed E-state index contributed by atoms with van der Waals surface area (Å²) < 4.78 is 1.49. The largest absolute Gasteiger partial charge is 0.279 e. The highest BCUT2D eigenvalue weighted by Crippen LogP contribution is 2.24. The summed E-state index contributed by atoms with van der Waals surface area (Å²) in [5.74, 6) is -0.889. The van der Waals surface area contributed by atoms with Crippen LogP contribution in [-0.2, 0) is 4.79 Å². The molecule has 0 saturated heterocycles. The molecule has 10 heteroatoms. The van der Waals surface area contributed by atoms with Gasteiger partial charge in [-0.15, -0.1) is 11.3 Å². The van der Waals surface area contributed by atoms with Gasteiger partial charge in [-0.1, -0.05) is 47.6 Å². The van der Waals surface area contributed by atoms with E-state index in [9.17, 15) is 14.4 Å². The Hall–Kier alpha value is -3.14. The molecule has 2 aromatic heterocycles. The highest BCUT2D eigenvalue weighted by atomic mass is 35.5. The SMILES string of the molecule is Cc1ccccc1-n1c(SCC(=O)NNC(=O)c2cccs2)nc2cc(Cl)ccc2c1=O. The van der Waals surface area contributed by atoms with Crippen LogP contribution < -0.4 is 16.4 Å². The highest BCUT2D eigenvalue weighted by Gasteiger charge is 2.17. The van der Waals surface area contributed by atoms with E-state index in [0.717, 1.165) is 17.3 Å². The fraction of sp³-hybridized carbons (Fsp3) is 0.0909. The van der Waals surface area contributed by atoms with Crippen molar-refractivity contribution in [2.45, 2.75) is 12.1 Å². The van der Waals surface area contributed by atoms with Gasteiger partial charge in [0.25, 0.3) is 11.5 Å². The number of para-hydroxylation sites is 1. The van der Waals surface area contributed by atoms with E-state index < -0.39 is 11.8 Å². The lowest BCUT2D eigenvalue weighted by atomic mass is 10.2. The number of hydrogen-bond acceptors (Lipinski definition) is 6. The minimum absolute atomic E-state index is 0.0604. The van der Waals surface area contributed by atoms with Crippen LogP contribution in [0.25, 0.3) is 16.6 Å². The molecular weight excluding hydrogens is 468 g/mol. The molecule has 0 unspecified atom stereocenters. The maximum Gasteiger partial charge on any atom is 0.279 e. The topological polar surface area (TPSA) is 93.1 Å². The van der Waals surface area contributed by atoms with E-state index in [4.69, 9.17) is 11.6 Å². The highest BCUT2D eigenvalue weighted by molar-refractivity contribution is 7.99. The molecule has 7 nitrogen and oxygen atoms in total. The molecule has 2 aromatic carbocycles. The third-order valence-corrected chi connectivity index (χ3v) is 6.59. The number of carbonyl (C=O) groups excluding carboxylic acids is 2. The van der Waals surface area contributed by atoms with E-state index in [1.165, 1.54) is 15.9 Å². The average Bonchev–Trinajstić information content (AvgIpc) is 3.32. The Morgan fingerprint density at radius 3 is 2.69 bits per heavy atom. The fourth-order valence-electron chi connectivity index (χ4n) is 3.02. The normalized spacial score (nSPS) is 10.8. The van der Waals surface area contributed by atoms with Crippen LogP contribution in [0.3, 0.4) is 0 Å². The molecule has 4 aromatic rings. The zero-order valence-electron chi connectivity index (χ0n) is 16.8. The number of rotatable bonds is 5. The quantitative estimate of drug-likeness (QED) is 0.254. The maximum atomic E-state index is 13.3. The number of hydrazine groups is 1. The molecular formula is C22H17ClN4O3S2. The lowest BCUT2D eigenvalue weighted by Crippen LogP contribution is -2.42. The molecule has 2 amide bonds. The van der Waals surface area contributed by atoms with Gasteiger partial charge < -0.3 is 0 Å². The first-order chi connectivity index (χ1) is 15.4. The minimum atomic E-state index is -0.434. The van der Waals surface area contributed by atoms with E-state index in [2.05, 4.69) is 15.8 Å².